The SMILES string of the molecule is CSc1ccc(C2(O)OC(=O)C(c3ccc4nsnc4c3)=C2CC2CCCC2)cc1.O=CC1CCCC1. The summed E-state index contributed by atoms with van der Waals surface area (Å²) in [6, 6.07) is 13.2. The van der Waals surface area contributed by atoms with E-state index in [-0.39, 0.29) is 0 Å². The van der Waals surface area contributed by atoms with E-state index in [2.05, 4.69) is 8.75 Å². The van der Waals surface area contributed by atoms with Crippen molar-refractivity contribution in [3.8, 4) is 0 Å². The third-order valence-corrected chi connectivity index (χ3v) is 9.04. The van der Waals surface area contributed by atoms with Gasteiger partial charge in [0.05, 0.1) is 17.3 Å². The van der Waals surface area contributed by atoms with Crippen LogP contribution in [-0.4, -0.2) is 32.4 Å². The van der Waals surface area contributed by atoms with Crippen LogP contribution in [0.2, 0.25) is 0 Å². The van der Waals surface area contributed by atoms with E-state index in [9.17, 15) is 14.7 Å². The molecule has 3 aliphatic rings. The molecular formula is C29H32N2O4S2. The molecular weight excluding hydrogens is 504 g/mol. The lowest BCUT2D eigenvalue weighted by Crippen LogP contribution is -2.29. The standard InChI is InChI=1S/C23H22N2O3S2.C6H10O/c1-29-17-9-7-16(8-10-17)23(27)18(12-14-4-2-3-5-14)21(22(26)28-23)15-6-11-19-20(13-15)25-30-24-19;7-5-6-3-1-2-4-6/h6-11,13-14,27H,2-5,12H2,1H3;5-6H,1-4H2. The molecule has 1 unspecified atom stereocenters. The Morgan fingerprint density at radius 2 is 1.70 bits per heavy atom. The summed E-state index contributed by atoms with van der Waals surface area (Å²) in [4.78, 5) is 24.2. The summed E-state index contributed by atoms with van der Waals surface area (Å²) in [7, 11) is 0. The molecule has 2 saturated carbocycles. The quantitative estimate of drug-likeness (QED) is 0.218. The molecule has 1 atom stereocenters. The van der Waals surface area contributed by atoms with Crippen molar-refractivity contribution in [1.29, 1.82) is 0 Å². The first-order valence-electron chi connectivity index (χ1n) is 13.0. The number of thioether (sulfide) groups is 1. The Labute approximate surface area is 225 Å². The van der Waals surface area contributed by atoms with Gasteiger partial charge in [-0.2, -0.15) is 8.75 Å². The minimum absolute atomic E-state index is 0.417. The molecule has 1 aromatic heterocycles. The van der Waals surface area contributed by atoms with Crippen molar-refractivity contribution in [3.63, 3.8) is 0 Å². The van der Waals surface area contributed by atoms with E-state index in [0.29, 0.717) is 35.0 Å². The number of aromatic nitrogens is 2. The van der Waals surface area contributed by atoms with Crippen LogP contribution in [0.3, 0.4) is 0 Å². The average Bonchev–Trinajstić information content (AvgIpc) is 3.73. The number of hydrogen-bond donors (Lipinski definition) is 1. The lowest BCUT2D eigenvalue weighted by atomic mass is 9.85. The molecule has 37 heavy (non-hydrogen) atoms. The number of carbonyl (C=O) groups excluding carboxylic acids is 2. The van der Waals surface area contributed by atoms with Gasteiger partial charge in [0, 0.05) is 21.9 Å². The fourth-order valence-corrected chi connectivity index (χ4v) is 6.58. The number of hydrogen-bond acceptors (Lipinski definition) is 8. The summed E-state index contributed by atoms with van der Waals surface area (Å²) in [5.41, 5.74) is 4.00. The molecule has 6 rings (SSSR count). The maximum Gasteiger partial charge on any atom is 0.341 e. The van der Waals surface area contributed by atoms with E-state index in [1.807, 2.05) is 48.7 Å². The number of ether oxygens (including phenoxy) is 1. The molecule has 1 N–H and O–H groups in total. The van der Waals surface area contributed by atoms with Gasteiger partial charge < -0.3 is 14.6 Å². The highest BCUT2D eigenvalue weighted by Gasteiger charge is 2.48. The van der Waals surface area contributed by atoms with Gasteiger partial charge in [-0.3, -0.25) is 0 Å². The van der Waals surface area contributed by atoms with Crippen molar-refractivity contribution in [2.45, 2.75) is 68.5 Å². The number of cyclic esters (lactones) is 1. The van der Waals surface area contributed by atoms with Gasteiger partial charge in [0.2, 0.25) is 0 Å². The van der Waals surface area contributed by atoms with Gasteiger partial charge in [0.1, 0.15) is 17.3 Å². The largest absolute Gasteiger partial charge is 0.421 e. The molecule has 8 heteroatoms. The minimum atomic E-state index is -1.73. The zero-order valence-corrected chi connectivity index (χ0v) is 22.7. The van der Waals surface area contributed by atoms with Crippen LogP contribution in [0.5, 0.6) is 0 Å². The molecule has 0 bridgehead atoms. The van der Waals surface area contributed by atoms with Gasteiger partial charge in [-0.1, -0.05) is 56.7 Å². The second-order valence-corrected chi connectivity index (χ2v) is 11.5. The third-order valence-electron chi connectivity index (χ3n) is 7.74. The van der Waals surface area contributed by atoms with E-state index in [1.54, 1.807) is 11.8 Å². The van der Waals surface area contributed by atoms with E-state index < -0.39 is 11.8 Å². The predicted molar refractivity (Wildman–Crippen MR) is 147 cm³/mol. The number of aliphatic hydroxyl groups is 1. The molecule has 0 radical (unpaired) electrons. The smallest absolute Gasteiger partial charge is 0.341 e. The normalized spacial score (nSPS) is 22.4. The topological polar surface area (TPSA) is 89.4 Å². The van der Waals surface area contributed by atoms with Crippen molar-refractivity contribution < 1.29 is 19.4 Å². The van der Waals surface area contributed by atoms with E-state index in [1.165, 1.54) is 25.7 Å². The Morgan fingerprint density at radius 1 is 1.03 bits per heavy atom. The molecule has 2 heterocycles. The van der Waals surface area contributed by atoms with Gasteiger partial charge in [0.15, 0.2) is 0 Å². The van der Waals surface area contributed by atoms with Gasteiger partial charge in [0.25, 0.3) is 5.79 Å². The van der Waals surface area contributed by atoms with Crippen molar-refractivity contribution in [1.82, 2.24) is 8.75 Å². The Hall–Kier alpha value is -2.55. The molecule has 0 saturated heterocycles. The first kappa shape index (κ1) is 26.1. The molecule has 2 aliphatic carbocycles. The summed E-state index contributed by atoms with van der Waals surface area (Å²) >= 11 is 2.78. The van der Waals surface area contributed by atoms with Crippen LogP contribution in [-0.2, 0) is 20.1 Å². The highest BCUT2D eigenvalue weighted by atomic mass is 32.2. The lowest BCUT2D eigenvalue weighted by Gasteiger charge is -2.27. The molecule has 194 valence electrons. The van der Waals surface area contributed by atoms with Gasteiger partial charge in [-0.05, 0) is 61.3 Å². The van der Waals surface area contributed by atoms with Gasteiger partial charge in [-0.15, -0.1) is 11.8 Å². The first-order valence-corrected chi connectivity index (χ1v) is 15.0. The number of fused-ring (bicyclic) bond motifs is 1. The van der Waals surface area contributed by atoms with E-state index in [4.69, 9.17) is 4.74 Å². The van der Waals surface area contributed by atoms with Crippen LogP contribution >= 0.6 is 23.5 Å². The fraction of sp³-hybridized carbons (Fsp3) is 0.448. The average molecular weight is 537 g/mol. The molecule has 2 aromatic carbocycles. The Bertz CT molecular complexity index is 1290. The van der Waals surface area contributed by atoms with Crippen molar-refractivity contribution in [2.75, 3.05) is 6.26 Å². The van der Waals surface area contributed by atoms with Crippen LogP contribution < -0.4 is 0 Å². The highest BCUT2D eigenvalue weighted by molar-refractivity contribution is 7.98. The van der Waals surface area contributed by atoms with Crippen molar-refractivity contribution in [2.24, 2.45) is 11.8 Å². The number of nitrogens with zero attached hydrogens (tertiary/aromatic N) is 2. The van der Waals surface area contributed by atoms with Crippen LogP contribution in [0.4, 0.5) is 0 Å². The second-order valence-electron chi connectivity index (χ2n) is 10.1. The number of carbonyl (C=O) groups is 2. The number of rotatable bonds is 6. The molecule has 2 fully saturated rings. The number of benzene rings is 2. The maximum absolute atomic E-state index is 13.1. The Kier molecular flexibility index (Phi) is 8.07. The van der Waals surface area contributed by atoms with Crippen LogP contribution in [0.1, 0.15) is 68.9 Å². The minimum Gasteiger partial charge on any atom is -0.421 e. The molecule has 1 aliphatic heterocycles. The summed E-state index contributed by atoms with van der Waals surface area (Å²) in [5.74, 6) is -1.35. The monoisotopic (exact) mass is 536 g/mol. The summed E-state index contributed by atoms with van der Waals surface area (Å²) in [6.07, 6.45) is 13.2. The highest BCUT2D eigenvalue weighted by Crippen LogP contribution is 2.48. The maximum atomic E-state index is 13.1. The van der Waals surface area contributed by atoms with Crippen LogP contribution in [0, 0.1) is 11.8 Å². The van der Waals surface area contributed by atoms with Crippen molar-refractivity contribution in [3.05, 3.63) is 59.2 Å². The first-order chi connectivity index (χ1) is 18.0. The lowest BCUT2D eigenvalue weighted by molar-refractivity contribution is -0.185. The fourth-order valence-electron chi connectivity index (χ4n) is 5.66. The molecule has 0 spiro atoms. The number of aldehydes is 1. The third kappa shape index (κ3) is 5.52. The van der Waals surface area contributed by atoms with Gasteiger partial charge in [-0.25, -0.2) is 4.79 Å². The second kappa shape index (κ2) is 11.5. The van der Waals surface area contributed by atoms with Crippen LogP contribution in [0.25, 0.3) is 16.6 Å². The summed E-state index contributed by atoms with van der Waals surface area (Å²) in [5, 5.41) is 11.7. The molecule has 0 amide bonds. The number of esters is 1. The summed E-state index contributed by atoms with van der Waals surface area (Å²) < 4.78 is 14.3. The van der Waals surface area contributed by atoms with Crippen LogP contribution in [0.15, 0.2) is 52.9 Å². The van der Waals surface area contributed by atoms with E-state index >= 15 is 0 Å². The zero-order valence-electron chi connectivity index (χ0n) is 21.0. The predicted octanol–water partition coefficient (Wildman–Crippen LogP) is 6.52. The Balaban J connectivity index is 0.000000348. The van der Waals surface area contributed by atoms with Crippen molar-refractivity contribution >= 4 is 52.4 Å². The van der Waals surface area contributed by atoms with Gasteiger partial charge >= 0.3 is 5.97 Å². The summed E-state index contributed by atoms with van der Waals surface area (Å²) in [6.45, 7) is 0. The van der Waals surface area contributed by atoms with E-state index in [0.717, 1.165) is 65.2 Å². The zero-order chi connectivity index (χ0) is 25.8. The molecule has 6 nitrogen and oxygen atoms in total. The molecule has 3 aromatic rings. The Morgan fingerprint density at radius 3 is 2.35 bits per heavy atom.